The second-order valence-electron chi connectivity index (χ2n) is 33.6. The number of aromatic hydroxyl groups is 3. The number of fused-ring (bicyclic) bond motifs is 15. The average Bonchev–Trinajstić information content (AvgIpc) is 0.740. The van der Waals surface area contributed by atoms with E-state index in [0.717, 1.165) is 71.8 Å². The molecule has 8 aliphatic rings. The Morgan fingerprint density at radius 3 is 1.87 bits per heavy atom. The quantitative estimate of drug-likeness (QED) is 0.0355. The van der Waals surface area contributed by atoms with E-state index in [4.69, 9.17) is 62.1 Å². The summed E-state index contributed by atoms with van der Waals surface area (Å²) in [5, 5.41) is 185. The molecule has 6 aromatic carbocycles. The van der Waals surface area contributed by atoms with Gasteiger partial charge in [0.1, 0.15) is 116 Å². The largest absolute Gasteiger partial charge is 0.507 e. The van der Waals surface area contributed by atoms with Crippen LogP contribution in [0.15, 0.2) is 97.1 Å². The molecule has 3 fully saturated rings. The molecule has 8 heterocycles. The van der Waals surface area contributed by atoms with Gasteiger partial charge in [0.25, 0.3) is 0 Å². The van der Waals surface area contributed by atoms with Crippen LogP contribution in [-0.2, 0) is 70.4 Å². The number of hydrogen-bond acceptors (Lipinski definition) is 31. The lowest BCUT2D eigenvalue weighted by atomic mass is 9.84. The van der Waals surface area contributed by atoms with E-state index >= 15 is 24.0 Å². The zero-order valence-electron chi connectivity index (χ0n) is 69.7. The van der Waals surface area contributed by atoms with Crippen molar-refractivity contribution in [2.75, 3.05) is 20.3 Å². The number of aliphatic hydroxyl groups is 10. The van der Waals surface area contributed by atoms with Gasteiger partial charge in [-0.25, -0.2) is 4.79 Å². The summed E-state index contributed by atoms with van der Waals surface area (Å²) in [6.45, 7) is 10.7. The van der Waals surface area contributed by atoms with Crippen molar-refractivity contribution in [3.8, 4) is 68.6 Å². The summed E-state index contributed by atoms with van der Waals surface area (Å²) in [7, 11) is -0.263. The van der Waals surface area contributed by atoms with Gasteiger partial charge in [-0.05, 0) is 128 Å². The molecule has 8 aliphatic heterocycles. The number of aliphatic hydroxyl groups excluding tert-OH is 10. The normalized spacial score (nSPS) is 29.5. The highest BCUT2D eigenvalue weighted by molar-refractivity contribution is 6.83. The number of rotatable bonds is 20. The Kier molecular flexibility index (Phi) is 29.9. The molecule has 39 nitrogen and oxygen atoms in total. The smallest absolute Gasteiger partial charge is 0.330 e. The van der Waals surface area contributed by atoms with E-state index in [1.807, 2.05) is 24.3 Å². The zero-order chi connectivity index (χ0) is 92.4. The van der Waals surface area contributed by atoms with Crippen LogP contribution in [0.2, 0.25) is 29.7 Å². The van der Waals surface area contributed by atoms with Gasteiger partial charge in [0.15, 0.2) is 36.2 Å². The maximum atomic E-state index is 16.5. The van der Waals surface area contributed by atoms with Crippen molar-refractivity contribution in [3.63, 3.8) is 0 Å². The Morgan fingerprint density at radius 1 is 0.669 bits per heavy atom. The van der Waals surface area contributed by atoms with Gasteiger partial charge < -0.3 is 158 Å². The minimum absolute atomic E-state index is 0.135. The van der Waals surface area contributed by atoms with Crippen molar-refractivity contribution in [1.29, 1.82) is 0 Å². The van der Waals surface area contributed by atoms with Crippen LogP contribution in [0.25, 0.3) is 11.1 Å². The van der Waals surface area contributed by atoms with Gasteiger partial charge >= 0.3 is 5.97 Å². The number of carboxylic acid groups (broad SMARTS) is 1. The maximum absolute atomic E-state index is 16.5. The molecule has 3 saturated heterocycles. The highest BCUT2D eigenvalue weighted by Gasteiger charge is 2.53. The molecule has 684 valence electrons. The summed E-state index contributed by atoms with van der Waals surface area (Å²) < 4.78 is 44.8. The molecule has 42 heteroatoms. The Morgan fingerprint density at radius 2 is 1.27 bits per heavy atom. The van der Waals surface area contributed by atoms with Crippen LogP contribution < -0.4 is 67.8 Å². The number of halogens is 2. The van der Waals surface area contributed by atoms with Gasteiger partial charge in [-0.3, -0.25) is 33.6 Å². The molecule has 127 heavy (non-hydrogen) atoms. The fourth-order valence-corrected chi connectivity index (χ4v) is 16.7. The number of benzene rings is 6. The Hall–Kier alpha value is -10.4. The lowest BCUT2D eigenvalue weighted by molar-refractivity contribution is -0.334. The first-order chi connectivity index (χ1) is 60.0. The fraction of sp³-hybridized carbons (Fsp3) is 0.459. The fourth-order valence-electron chi connectivity index (χ4n) is 15.7. The number of carbonyl (C=O) groups excluding carboxylic acids is 7. The number of carboxylic acids is 1. The Bertz CT molecular complexity index is 5220. The highest BCUT2D eigenvalue weighted by atomic mass is 35.5. The number of phenolic OH excluding ortho intramolecular Hbond substituents is 3. The molecule has 6 aromatic rings. The standard InChI is InChI=1S/C85H102Cl2N10O29Si/c1-34(2)21-47(89-5)76(111)96-63-66(103)39-14-17-51(45(86)23-39)121-53-25-41-26-54(73(53)126-84-74(72(109)70(107)56(33-99)124-84)125-58-29-85(4,75(110)35(3)120-58)91-30-37-11-9-36(10-12-37)19-20-127(6,7)8)122-52-18-15-40(24-46(52)87)67(104)64-81(116)95-62(82(117)118)43-27-50(101)44(31-90-65-71(108)69(106)55(32-98)123-83(65)119)68(105)59(43)42-22-38(13-16-49(42)100)60(78(113)97-64)94-79(114)61(41)93-77(112)48(28-57(88)102)92-80(63)115/h9-18,22-27,34-35,47-48,55-56,58,60-67,69-72,74-75,83-84,89-91,98-101,103-110,119H,21,28-33H2,1-8H3,(H2,88,102)(H,92,115)(H,93,112)(H,94,114)(H,95,116)(H,96,111)(H,97,113)(H,117,118)/t35-,47+,48-,55+,56+,58-,60+,61+,62-,63+,64-,65+,66+,67+,69-,70+,71+,72-,74+,75+,83?,84-,85-/m0/s1. The van der Waals surface area contributed by atoms with E-state index < -0.39 is 305 Å². The van der Waals surface area contributed by atoms with Gasteiger partial charge in [-0.1, -0.05) is 92.9 Å². The first kappa shape index (κ1) is 95.7. The van der Waals surface area contributed by atoms with Gasteiger partial charge in [0.2, 0.25) is 53.4 Å². The minimum atomic E-state index is -2.45. The summed E-state index contributed by atoms with van der Waals surface area (Å²) in [5.74, 6) is -14.2. The van der Waals surface area contributed by atoms with E-state index in [2.05, 4.69) is 79.0 Å². The van der Waals surface area contributed by atoms with Crippen LogP contribution in [0.5, 0.6) is 46.0 Å². The van der Waals surface area contributed by atoms with Crippen LogP contribution in [0.1, 0.15) is 122 Å². The van der Waals surface area contributed by atoms with Crippen LogP contribution in [0, 0.1) is 17.4 Å². The van der Waals surface area contributed by atoms with Crippen molar-refractivity contribution in [2.45, 2.75) is 220 Å². The topological polar surface area (TPSA) is 619 Å². The van der Waals surface area contributed by atoms with Crippen molar-refractivity contribution < 1.29 is 143 Å². The van der Waals surface area contributed by atoms with Crippen molar-refractivity contribution in [1.82, 2.24) is 47.9 Å². The summed E-state index contributed by atoms with van der Waals surface area (Å²) >= 11 is 14.4. The number of nitrogens with one attached hydrogen (secondary N) is 9. The molecule has 0 saturated carbocycles. The molecule has 14 rings (SSSR count). The molecule has 11 bridgehead atoms. The first-order valence-corrected chi connectivity index (χ1v) is 44.8. The molecule has 0 aromatic heterocycles. The van der Waals surface area contributed by atoms with Gasteiger partial charge in [-0.2, -0.15) is 0 Å². The van der Waals surface area contributed by atoms with Crippen molar-refractivity contribution in [3.05, 3.63) is 152 Å². The lowest BCUT2D eigenvalue weighted by Crippen LogP contribution is -2.65. The average molecular weight is 1830 g/mol. The summed E-state index contributed by atoms with van der Waals surface area (Å²) in [5.41, 5.74) is 5.22. The van der Waals surface area contributed by atoms with Crippen LogP contribution in [-0.4, -0.2) is 257 Å². The third kappa shape index (κ3) is 21.3. The molecular formula is C85H102Cl2N10O29Si. The summed E-state index contributed by atoms with van der Waals surface area (Å²) in [6.07, 6.45) is -26.3. The minimum Gasteiger partial charge on any atom is -0.507 e. The molecular weight excluding hydrogens is 1720 g/mol. The third-order valence-corrected chi connectivity index (χ3v) is 24.1. The molecule has 25 N–H and O–H groups in total. The number of carbonyl (C=O) groups is 8. The lowest BCUT2D eigenvalue weighted by Gasteiger charge is -2.48. The zero-order valence-corrected chi connectivity index (χ0v) is 72.2. The van der Waals surface area contributed by atoms with E-state index in [0.29, 0.717) is 0 Å². The number of ether oxygens (including phenoxy) is 7. The van der Waals surface area contributed by atoms with Gasteiger partial charge in [-0.15, -0.1) is 5.54 Å². The van der Waals surface area contributed by atoms with Crippen molar-refractivity contribution >= 4 is 78.6 Å². The Balaban J connectivity index is 1.05. The second-order valence-corrected chi connectivity index (χ2v) is 39.1. The number of primary amides is 1. The third-order valence-electron chi connectivity index (χ3n) is 22.7. The predicted octanol–water partition coefficient (Wildman–Crippen LogP) is 0.0557. The molecule has 1 unspecified atom stereocenters. The molecule has 0 aliphatic carbocycles. The van der Waals surface area contributed by atoms with Gasteiger partial charge in [0.05, 0.1) is 59.5 Å². The molecule has 23 atom stereocenters. The SMILES string of the molecule is CN[C@H](CC(C)C)C(=O)N[C@H]1C(=O)N[C@@H](CC(N)=O)C(=O)N[C@H]2C(=O)N[C@H]3C(=O)N[C@H](C(=O)N[C@H](C(=O)O)c4cc(O)c(CN[C@H]5C(O)O[C@H](CO)[C@H](O)[C@@H]5O)c(O)c4-c4cc3ccc4O)[C@H](O)c3ccc(c(Cl)c3)Oc3cc2cc(c3O[C@@H]2O[C@H](CO)[C@@H](O)[C@H](O)[C@H]2O[C@H]2C[C@](C)(NCc3ccc(C#C[Si](C)(C)C)cc3)[C@H](O)[C@H](C)O2)Oc2ccc(cc2Cl)[C@H]1O. The van der Waals surface area contributed by atoms with E-state index in [1.165, 1.54) is 19.2 Å². The van der Waals surface area contributed by atoms with Crippen molar-refractivity contribution in [2.24, 2.45) is 11.7 Å². The molecule has 7 amide bonds. The number of nitrogens with two attached hydrogens (primary N) is 1. The maximum Gasteiger partial charge on any atom is 0.330 e. The van der Waals surface area contributed by atoms with E-state index in [1.54, 1.807) is 27.7 Å². The van der Waals surface area contributed by atoms with Crippen LogP contribution >= 0.6 is 23.2 Å². The van der Waals surface area contributed by atoms with Gasteiger partial charge in [0, 0.05) is 47.3 Å². The monoisotopic (exact) mass is 1820 g/mol. The summed E-state index contributed by atoms with van der Waals surface area (Å²) in [4.78, 5) is 120. The second kappa shape index (κ2) is 39.7. The number of hydrogen-bond donors (Lipinski definition) is 24. The number of amides is 7. The van der Waals surface area contributed by atoms with Crippen LogP contribution in [0.4, 0.5) is 0 Å². The number of likely N-dealkylation sites (N-methyl/N-ethyl adjacent to an activating group) is 1. The predicted molar refractivity (Wildman–Crippen MR) is 449 cm³/mol. The Labute approximate surface area is 737 Å². The highest BCUT2D eigenvalue weighted by Crippen LogP contribution is 2.51. The number of aliphatic carboxylic acids is 1. The van der Waals surface area contributed by atoms with E-state index in [-0.39, 0.29) is 42.2 Å². The molecule has 0 spiro atoms. The summed E-state index contributed by atoms with van der Waals surface area (Å²) in [6, 6.07) is 3.13. The molecule has 0 radical (unpaired) electrons. The van der Waals surface area contributed by atoms with E-state index in [9.17, 15) is 85.9 Å². The van der Waals surface area contributed by atoms with Crippen LogP contribution in [0.3, 0.4) is 0 Å². The number of phenols is 3. The first-order valence-electron chi connectivity index (χ1n) is 40.6.